The first-order valence-corrected chi connectivity index (χ1v) is 14.7. The van der Waals surface area contributed by atoms with Crippen molar-refractivity contribution in [2.24, 2.45) is 0 Å². The van der Waals surface area contributed by atoms with Crippen molar-refractivity contribution in [1.82, 2.24) is 10.2 Å². The summed E-state index contributed by atoms with van der Waals surface area (Å²) in [6.45, 7) is 1.25. The van der Waals surface area contributed by atoms with Crippen molar-refractivity contribution < 1.29 is 18.0 Å². The third-order valence-corrected chi connectivity index (χ3v) is 8.39. The number of carbonyl (C=O) groups excluding carboxylic acids is 2. The molecule has 1 N–H and O–H groups in total. The standard InChI is InChI=1S/C25H30Cl3N3O4S/c1-17(25(33)29-20-6-4-3-5-7-20)30(15-18-8-10-19(26)11-9-18)24(32)16-31(36(2,34)35)21-12-13-22(27)23(28)14-21/h8-14,17,20H,3-7,15-16H2,1-2H3,(H,29,33). The average molecular weight is 575 g/mol. The molecule has 7 nitrogen and oxygen atoms in total. The molecule has 0 bridgehead atoms. The molecule has 2 aromatic carbocycles. The second-order valence-corrected chi connectivity index (χ2v) is 12.2. The summed E-state index contributed by atoms with van der Waals surface area (Å²) in [7, 11) is -3.86. The van der Waals surface area contributed by atoms with E-state index in [1.807, 2.05) is 0 Å². The maximum atomic E-state index is 13.6. The summed E-state index contributed by atoms with van der Waals surface area (Å²) in [6, 6.07) is 10.5. The van der Waals surface area contributed by atoms with Gasteiger partial charge in [0.1, 0.15) is 12.6 Å². The SMILES string of the molecule is CC(C(=O)NC1CCCCC1)N(Cc1ccc(Cl)cc1)C(=O)CN(c1ccc(Cl)c(Cl)c1)S(C)(=O)=O. The number of halogens is 3. The lowest BCUT2D eigenvalue weighted by molar-refractivity contribution is -0.139. The van der Waals surface area contributed by atoms with Crippen LogP contribution in [0.1, 0.15) is 44.6 Å². The Balaban J connectivity index is 1.87. The Kier molecular flexibility index (Phi) is 9.92. The third kappa shape index (κ3) is 7.75. The highest BCUT2D eigenvalue weighted by atomic mass is 35.5. The highest BCUT2D eigenvalue weighted by Crippen LogP contribution is 2.29. The van der Waals surface area contributed by atoms with Gasteiger partial charge in [-0.25, -0.2) is 8.42 Å². The van der Waals surface area contributed by atoms with Crippen molar-refractivity contribution in [3.05, 3.63) is 63.1 Å². The van der Waals surface area contributed by atoms with Gasteiger partial charge in [-0.2, -0.15) is 0 Å². The highest BCUT2D eigenvalue weighted by Gasteiger charge is 2.31. The van der Waals surface area contributed by atoms with E-state index in [9.17, 15) is 18.0 Å². The van der Waals surface area contributed by atoms with Crippen molar-refractivity contribution in [3.8, 4) is 0 Å². The number of nitrogens with zero attached hydrogens (tertiary/aromatic N) is 2. The van der Waals surface area contributed by atoms with E-state index in [-0.39, 0.29) is 34.2 Å². The van der Waals surface area contributed by atoms with Crippen LogP contribution in [0, 0.1) is 0 Å². The minimum absolute atomic E-state index is 0.0740. The molecule has 2 aromatic rings. The Labute approximate surface area is 227 Å². The van der Waals surface area contributed by atoms with E-state index < -0.39 is 28.5 Å². The number of anilines is 1. The summed E-state index contributed by atoms with van der Waals surface area (Å²) < 4.78 is 26.2. The van der Waals surface area contributed by atoms with Gasteiger partial charge in [0.2, 0.25) is 21.8 Å². The molecule has 1 saturated carbocycles. The van der Waals surface area contributed by atoms with Crippen LogP contribution in [0.3, 0.4) is 0 Å². The second-order valence-electron chi connectivity index (χ2n) is 9.04. The average Bonchev–Trinajstić information content (AvgIpc) is 2.83. The van der Waals surface area contributed by atoms with Crippen LogP contribution in [0.4, 0.5) is 5.69 Å². The van der Waals surface area contributed by atoms with E-state index in [0.717, 1.165) is 48.2 Å². The van der Waals surface area contributed by atoms with Gasteiger partial charge in [0.15, 0.2) is 0 Å². The number of rotatable bonds is 9. The Hall–Kier alpha value is -2.00. The van der Waals surface area contributed by atoms with Gasteiger partial charge in [-0.15, -0.1) is 0 Å². The molecular formula is C25H30Cl3N3O4S. The minimum Gasteiger partial charge on any atom is -0.352 e. The van der Waals surface area contributed by atoms with E-state index >= 15 is 0 Å². The van der Waals surface area contributed by atoms with Gasteiger partial charge in [-0.3, -0.25) is 13.9 Å². The van der Waals surface area contributed by atoms with E-state index in [2.05, 4.69) is 5.32 Å². The predicted molar refractivity (Wildman–Crippen MR) is 145 cm³/mol. The first kappa shape index (κ1) is 28.6. The van der Waals surface area contributed by atoms with E-state index in [1.165, 1.54) is 23.1 Å². The Morgan fingerprint density at radius 1 is 1.00 bits per heavy atom. The molecule has 1 atom stereocenters. The fraction of sp³-hybridized carbons (Fsp3) is 0.440. The largest absolute Gasteiger partial charge is 0.352 e. The van der Waals surface area contributed by atoms with Crippen LogP contribution in [-0.4, -0.2) is 50.0 Å². The monoisotopic (exact) mass is 573 g/mol. The summed E-state index contributed by atoms with van der Waals surface area (Å²) in [4.78, 5) is 28.1. The number of benzene rings is 2. The fourth-order valence-electron chi connectivity index (χ4n) is 4.19. The first-order valence-electron chi connectivity index (χ1n) is 11.7. The zero-order valence-electron chi connectivity index (χ0n) is 20.2. The van der Waals surface area contributed by atoms with Gasteiger partial charge in [0, 0.05) is 17.6 Å². The topological polar surface area (TPSA) is 86.8 Å². The maximum Gasteiger partial charge on any atom is 0.244 e. The van der Waals surface area contributed by atoms with Crippen LogP contribution in [0.5, 0.6) is 0 Å². The molecule has 1 aliphatic rings. The Bertz CT molecular complexity index is 1190. The Morgan fingerprint density at radius 2 is 1.64 bits per heavy atom. The van der Waals surface area contributed by atoms with Crippen LogP contribution in [0.2, 0.25) is 15.1 Å². The molecule has 0 aromatic heterocycles. The molecule has 0 heterocycles. The summed E-state index contributed by atoms with van der Waals surface area (Å²) in [5.74, 6) is -0.808. The predicted octanol–water partition coefficient (Wildman–Crippen LogP) is 5.28. The van der Waals surface area contributed by atoms with Gasteiger partial charge in [-0.05, 0) is 55.7 Å². The molecule has 3 rings (SSSR count). The molecule has 0 spiro atoms. The number of amides is 2. The lowest BCUT2D eigenvalue weighted by Gasteiger charge is -2.33. The zero-order chi connectivity index (χ0) is 26.5. The van der Waals surface area contributed by atoms with Gasteiger partial charge in [-0.1, -0.05) is 66.2 Å². The van der Waals surface area contributed by atoms with Crippen LogP contribution >= 0.6 is 34.8 Å². The van der Waals surface area contributed by atoms with Gasteiger partial charge in [0.05, 0.1) is 22.0 Å². The zero-order valence-corrected chi connectivity index (χ0v) is 23.3. The number of hydrogen-bond donors (Lipinski definition) is 1. The third-order valence-electron chi connectivity index (χ3n) is 6.26. The quantitative estimate of drug-likeness (QED) is 0.442. The highest BCUT2D eigenvalue weighted by molar-refractivity contribution is 7.92. The van der Waals surface area contributed by atoms with Crippen molar-refractivity contribution in [1.29, 1.82) is 0 Å². The van der Waals surface area contributed by atoms with Crippen molar-refractivity contribution in [3.63, 3.8) is 0 Å². The Morgan fingerprint density at radius 3 is 2.22 bits per heavy atom. The van der Waals surface area contributed by atoms with Gasteiger partial charge < -0.3 is 10.2 Å². The van der Waals surface area contributed by atoms with E-state index in [1.54, 1.807) is 31.2 Å². The van der Waals surface area contributed by atoms with Crippen LogP contribution in [0.25, 0.3) is 0 Å². The van der Waals surface area contributed by atoms with Crippen LogP contribution in [-0.2, 0) is 26.2 Å². The number of sulfonamides is 1. The van der Waals surface area contributed by atoms with E-state index in [0.29, 0.717) is 5.02 Å². The molecule has 36 heavy (non-hydrogen) atoms. The van der Waals surface area contributed by atoms with Crippen molar-refractivity contribution in [2.75, 3.05) is 17.1 Å². The van der Waals surface area contributed by atoms with Crippen molar-refractivity contribution >= 4 is 62.3 Å². The number of nitrogens with one attached hydrogen (secondary N) is 1. The fourth-order valence-corrected chi connectivity index (χ4v) is 5.45. The van der Waals surface area contributed by atoms with Crippen LogP contribution < -0.4 is 9.62 Å². The summed E-state index contributed by atoms with van der Waals surface area (Å²) in [5, 5.41) is 4.03. The number of carbonyl (C=O) groups is 2. The van der Waals surface area contributed by atoms with Crippen molar-refractivity contribution in [2.45, 2.75) is 57.7 Å². The van der Waals surface area contributed by atoms with Gasteiger partial charge in [0.25, 0.3) is 0 Å². The minimum atomic E-state index is -3.86. The summed E-state index contributed by atoms with van der Waals surface area (Å²) in [5.41, 5.74) is 0.955. The smallest absolute Gasteiger partial charge is 0.244 e. The molecular weight excluding hydrogens is 545 g/mol. The molecule has 2 amide bonds. The molecule has 11 heteroatoms. The first-order chi connectivity index (χ1) is 17.0. The summed E-state index contributed by atoms with van der Waals surface area (Å²) in [6.07, 6.45) is 6.08. The molecule has 0 saturated heterocycles. The second kappa shape index (κ2) is 12.5. The molecule has 1 aliphatic carbocycles. The normalized spacial score (nSPS) is 15.2. The lowest BCUT2D eigenvalue weighted by atomic mass is 9.95. The van der Waals surface area contributed by atoms with Crippen LogP contribution in [0.15, 0.2) is 42.5 Å². The number of hydrogen-bond acceptors (Lipinski definition) is 4. The lowest BCUT2D eigenvalue weighted by Crippen LogP contribution is -2.52. The molecule has 1 unspecified atom stereocenters. The molecule has 196 valence electrons. The summed E-state index contributed by atoms with van der Waals surface area (Å²) >= 11 is 18.1. The maximum absolute atomic E-state index is 13.6. The molecule has 0 radical (unpaired) electrons. The van der Waals surface area contributed by atoms with Gasteiger partial charge >= 0.3 is 0 Å². The molecule has 0 aliphatic heterocycles. The van der Waals surface area contributed by atoms with E-state index in [4.69, 9.17) is 34.8 Å². The molecule has 1 fully saturated rings.